The molecule has 2 aromatic rings. The number of aliphatic hydroxyl groups excluding tert-OH is 6. The average Bonchev–Trinajstić information content (AvgIpc) is 2.84. The van der Waals surface area contributed by atoms with Gasteiger partial charge in [0.05, 0.1) is 19.8 Å². The van der Waals surface area contributed by atoms with Crippen molar-refractivity contribution >= 4 is 11.0 Å². The molecule has 0 saturated carbocycles. The molecule has 4 rings (SSSR count). The van der Waals surface area contributed by atoms with Crippen LogP contribution in [0.4, 0.5) is 0 Å². The van der Waals surface area contributed by atoms with Gasteiger partial charge < -0.3 is 58.7 Å². The monoisotopic (exact) mass is 500 g/mol. The Morgan fingerprint density at radius 3 is 2.23 bits per heavy atom. The Morgan fingerprint density at radius 1 is 0.829 bits per heavy atom. The Hall–Kier alpha value is -2.33. The van der Waals surface area contributed by atoms with Crippen LogP contribution >= 0.6 is 0 Å². The summed E-state index contributed by atoms with van der Waals surface area (Å²) >= 11 is 0. The molecular formula is C22H28O13. The number of benzene rings is 1. The number of ether oxygens (including phenoxy) is 5. The van der Waals surface area contributed by atoms with Crippen molar-refractivity contribution < 1.29 is 58.7 Å². The minimum absolute atomic E-state index is 0.0265. The van der Waals surface area contributed by atoms with Crippen molar-refractivity contribution in [2.24, 2.45) is 0 Å². The van der Waals surface area contributed by atoms with Crippen LogP contribution in [0.5, 0.6) is 11.5 Å². The van der Waals surface area contributed by atoms with Gasteiger partial charge in [0, 0.05) is 17.5 Å². The number of methoxy groups -OCH3 is 1. The third-order valence-electron chi connectivity index (χ3n) is 6.05. The third kappa shape index (κ3) is 5.14. The van der Waals surface area contributed by atoms with Crippen molar-refractivity contribution in [3.05, 3.63) is 34.7 Å². The van der Waals surface area contributed by atoms with Crippen molar-refractivity contribution in [1.82, 2.24) is 0 Å². The molecule has 2 aliphatic heterocycles. The normalized spacial score (nSPS) is 37.8. The van der Waals surface area contributed by atoms with E-state index in [1.165, 1.54) is 38.3 Å². The summed E-state index contributed by atoms with van der Waals surface area (Å²) in [5.41, 5.74) is -0.408. The standard InChI is InChI=1S/C22H28O13/c1-8-15(24)17(26)19(28)21(32-8)31-7-13-16(25)18(27)20(29)22(35-13)34-12-6-10-9(5-11(12)30-2)3-4-14(23)33-10/h3-6,8,13,15-22,24-29H,7H2,1-2H3/t8-,13+,15+,16-,17-,18+,19-,20-,21+,22-/m1/s1. The topological polar surface area (TPSA) is 198 Å². The molecule has 2 saturated heterocycles. The molecule has 35 heavy (non-hydrogen) atoms. The van der Waals surface area contributed by atoms with Crippen molar-refractivity contribution in [2.45, 2.75) is 68.3 Å². The van der Waals surface area contributed by atoms with Gasteiger partial charge >= 0.3 is 5.63 Å². The number of fused-ring (bicyclic) bond motifs is 1. The molecule has 2 aliphatic rings. The van der Waals surface area contributed by atoms with Crippen LogP contribution in [0.1, 0.15) is 6.92 Å². The summed E-state index contributed by atoms with van der Waals surface area (Å²) in [6.45, 7) is 1.04. The van der Waals surface area contributed by atoms with Crippen LogP contribution < -0.4 is 15.1 Å². The van der Waals surface area contributed by atoms with E-state index in [1.807, 2.05) is 0 Å². The van der Waals surface area contributed by atoms with Crippen LogP contribution in [0.15, 0.2) is 33.5 Å². The highest BCUT2D eigenvalue weighted by atomic mass is 16.7. The van der Waals surface area contributed by atoms with E-state index in [0.717, 1.165) is 0 Å². The van der Waals surface area contributed by atoms with Gasteiger partial charge in [0.1, 0.15) is 48.3 Å². The molecule has 0 unspecified atom stereocenters. The molecule has 3 heterocycles. The summed E-state index contributed by atoms with van der Waals surface area (Å²) in [5.74, 6) is 0.245. The van der Waals surface area contributed by atoms with Crippen molar-refractivity contribution in [2.75, 3.05) is 13.7 Å². The van der Waals surface area contributed by atoms with E-state index < -0.39 is 73.6 Å². The molecule has 1 aromatic heterocycles. The molecule has 0 aliphatic carbocycles. The van der Waals surface area contributed by atoms with Gasteiger partial charge in [-0.25, -0.2) is 4.79 Å². The van der Waals surface area contributed by atoms with Crippen molar-refractivity contribution in [3.63, 3.8) is 0 Å². The molecule has 13 heteroatoms. The van der Waals surface area contributed by atoms with E-state index in [1.54, 1.807) is 0 Å². The van der Waals surface area contributed by atoms with E-state index in [0.29, 0.717) is 5.39 Å². The van der Waals surface area contributed by atoms with E-state index in [2.05, 4.69) is 0 Å². The molecule has 0 radical (unpaired) electrons. The van der Waals surface area contributed by atoms with Gasteiger partial charge in [0.25, 0.3) is 0 Å². The molecule has 6 N–H and O–H groups in total. The number of hydrogen-bond donors (Lipinski definition) is 6. The Balaban J connectivity index is 1.50. The van der Waals surface area contributed by atoms with E-state index >= 15 is 0 Å². The zero-order chi connectivity index (χ0) is 25.4. The van der Waals surface area contributed by atoms with Gasteiger partial charge in [0.2, 0.25) is 6.29 Å². The molecule has 0 amide bonds. The van der Waals surface area contributed by atoms with Crippen LogP contribution in [0.2, 0.25) is 0 Å². The second-order valence-corrected chi connectivity index (χ2v) is 8.44. The van der Waals surface area contributed by atoms with Crippen molar-refractivity contribution in [3.8, 4) is 11.5 Å². The lowest BCUT2D eigenvalue weighted by Gasteiger charge is -2.42. The summed E-state index contributed by atoms with van der Waals surface area (Å²) < 4.78 is 32.5. The lowest BCUT2D eigenvalue weighted by molar-refractivity contribution is -0.318. The maximum Gasteiger partial charge on any atom is 0.336 e. The third-order valence-corrected chi connectivity index (χ3v) is 6.05. The molecule has 1 aromatic carbocycles. The first-order valence-corrected chi connectivity index (χ1v) is 10.9. The quantitative estimate of drug-likeness (QED) is 0.235. The van der Waals surface area contributed by atoms with Crippen LogP contribution in [0.25, 0.3) is 11.0 Å². The maximum atomic E-state index is 11.6. The Morgan fingerprint density at radius 2 is 1.51 bits per heavy atom. The van der Waals surface area contributed by atoms with Gasteiger partial charge in [-0.1, -0.05) is 0 Å². The molecule has 2 fully saturated rings. The predicted octanol–water partition coefficient (Wildman–Crippen LogP) is -2.17. The van der Waals surface area contributed by atoms with E-state index in [-0.39, 0.29) is 17.1 Å². The minimum Gasteiger partial charge on any atom is -0.493 e. The number of rotatable bonds is 6. The number of aliphatic hydroxyl groups is 6. The molecule has 0 spiro atoms. The zero-order valence-electron chi connectivity index (χ0n) is 18.8. The first-order chi connectivity index (χ1) is 16.6. The lowest BCUT2D eigenvalue weighted by Crippen LogP contribution is -2.61. The highest BCUT2D eigenvalue weighted by molar-refractivity contribution is 5.80. The smallest absolute Gasteiger partial charge is 0.336 e. The number of hydrogen-bond acceptors (Lipinski definition) is 13. The fourth-order valence-electron chi connectivity index (χ4n) is 3.94. The van der Waals surface area contributed by atoms with Crippen molar-refractivity contribution in [1.29, 1.82) is 0 Å². The average molecular weight is 500 g/mol. The fourth-order valence-corrected chi connectivity index (χ4v) is 3.94. The van der Waals surface area contributed by atoms with E-state index in [4.69, 9.17) is 28.1 Å². The largest absolute Gasteiger partial charge is 0.493 e. The second-order valence-electron chi connectivity index (χ2n) is 8.44. The van der Waals surface area contributed by atoms with Gasteiger partial charge in [0.15, 0.2) is 17.8 Å². The summed E-state index contributed by atoms with van der Waals surface area (Å²) in [7, 11) is 1.38. The first-order valence-electron chi connectivity index (χ1n) is 10.9. The minimum atomic E-state index is -1.70. The van der Waals surface area contributed by atoms with Crippen LogP contribution in [0.3, 0.4) is 0 Å². The lowest BCUT2D eigenvalue weighted by atomic mass is 9.98. The predicted molar refractivity (Wildman–Crippen MR) is 115 cm³/mol. The first kappa shape index (κ1) is 25.8. The van der Waals surface area contributed by atoms with Gasteiger partial charge in [-0.05, 0) is 19.1 Å². The van der Waals surface area contributed by atoms with Crippen LogP contribution in [-0.4, -0.2) is 106 Å². The summed E-state index contributed by atoms with van der Waals surface area (Å²) in [6, 6.07) is 5.67. The van der Waals surface area contributed by atoms with E-state index in [9.17, 15) is 35.4 Å². The molecular weight excluding hydrogens is 472 g/mol. The second kappa shape index (κ2) is 10.3. The molecule has 13 nitrogen and oxygen atoms in total. The Bertz CT molecular complexity index is 1070. The Kier molecular flexibility index (Phi) is 7.61. The molecule has 0 bridgehead atoms. The zero-order valence-corrected chi connectivity index (χ0v) is 18.8. The highest BCUT2D eigenvalue weighted by Crippen LogP contribution is 2.35. The summed E-state index contributed by atoms with van der Waals surface area (Å²) in [6.07, 6.45) is -14.4. The molecule has 194 valence electrons. The van der Waals surface area contributed by atoms with Gasteiger partial charge in [-0.2, -0.15) is 0 Å². The Labute approximate surface area is 198 Å². The summed E-state index contributed by atoms with van der Waals surface area (Å²) in [5, 5.41) is 61.5. The highest BCUT2D eigenvalue weighted by Gasteiger charge is 2.47. The van der Waals surface area contributed by atoms with Gasteiger partial charge in [-0.15, -0.1) is 0 Å². The summed E-state index contributed by atoms with van der Waals surface area (Å²) in [4.78, 5) is 11.6. The SMILES string of the molecule is COc1cc2ccc(=O)oc2cc1O[C@@H]1O[C@@H](CO[C@H]2O[C@H](C)[C@H](O)[C@@H](O)[C@H]2O)[C@@H](O)[C@H](O)[C@H]1O. The maximum absolute atomic E-state index is 11.6. The fraction of sp³-hybridized carbons (Fsp3) is 0.591. The van der Waals surface area contributed by atoms with Crippen LogP contribution in [0, 0.1) is 0 Å². The van der Waals surface area contributed by atoms with Crippen LogP contribution in [-0.2, 0) is 14.2 Å². The van der Waals surface area contributed by atoms with Gasteiger partial charge in [-0.3, -0.25) is 0 Å². The molecule has 10 atom stereocenters.